The number of rotatable bonds is 5. The number of sulfone groups is 1. The van der Waals surface area contributed by atoms with Crippen LogP contribution < -0.4 is 4.74 Å². The van der Waals surface area contributed by atoms with E-state index in [-0.39, 0.29) is 4.90 Å². The Morgan fingerprint density at radius 1 is 1.19 bits per heavy atom. The summed E-state index contributed by atoms with van der Waals surface area (Å²) in [6, 6.07) is 11.8. The molecule has 1 aliphatic carbocycles. The fourth-order valence-corrected chi connectivity index (χ4v) is 6.72. The van der Waals surface area contributed by atoms with Crippen molar-refractivity contribution in [1.82, 2.24) is 4.98 Å². The van der Waals surface area contributed by atoms with E-state index in [0.717, 1.165) is 22.2 Å². The molecule has 0 saturated carbocycles. The number of methoxy groups -OCH3 is 2. The molecular formula is C23H24ClNO5S. The van der Waals surface area contributed by atoms with E-state index in [1.165, 1.54) is 33.3 Å². The Labute approximate surface area is 186 Å². The second-order valence-electron chi connectivity index (χ2n) is 7.99. The maximum Gasteiger partial charge on any atom is 0.327 e. The first-order chi connectivity index (χ1) is 14.7. The van der Waals surface area contributed by atoms with E-state index in [2.05, 4.69) is 4.98 Å². The zero-order valence-corrected chi connectivity index (χ0v) is 19.1. The smallest absolute Gasteiger partial charge is 0.327 e. The van der Waals surface area contributed by atoms with E-state index >= 15 is 0 Å². The van der Waals surface area contributed by atoms with Crippen molar-refractivity contribution in [2.75, 3.05) is 14.2 Å². The van der Waals surface area contributed by atoms with E-state index in [0.29, 0.717) is 30.0 Å². The van der Waals surface area contributed by atoms with Crippen molar-refractivity contribution in [2.45, 2.75) is 35.8 Å². The molecule has 0 spiro atoms. The van der Waals surface area contributed by atoms with Gasteiger partial charge in [0.1, 0.15) is 5.75 Å². The number of benzene rings is 2. The molecule has 2 atom stereocenters. The zero-order chi connectivity index (χ0) is 22.4. The highest BCUT2D eigenvalue weighted by Crippen LogP contribution is 2.43. The number of fused-ring (bicyclic) bond motifs is 3. The van der Waals surface area contributed by atoms with Gasteiger partial charge in [-0.05, 0) is 74.1 Å². The number of aromatic nitrogens is 1. The van der Waals surface area contributed by atoms with Gasteiger partial charge in [-0.1, -0.05) is 17.7 Å². The summed E-state index contributed by atoms with van der Waals surface area (Å²) >= 11 is 6.17. The van der Waals surface area contributed by atoms with Crippen LogP contribution in [0.1, 0.15) is 24.6 Å². The third kappa shape index (κ3) is 3.40. The molecule has 1 aromatic heterocycles. The number of carbonyl (C=O) groups is 1. The minimum atomic E-state index is -4.07. The van der Waals surface area contributed by atoms with Crippen molar-refractivity contribution in [2.24, 2.45) is 5.92 Å². The molecule has 3 aromatic rings. The van der Waals surface area contributed by atoms with Gasteiger partial charge in [0, 0.05) is 21.6 Å². The van der Waals surface area contributed by atoms with Crippen LogP contribution in [0.5, 0.6) is 5.75 Å². The number of ether oxygens (including phenoxy) is 2. The van der Waals surface area contributed by atoms with Crippen LogP contribution in [0.25, 0.3) is 10.9 Å². The molecule has 1 aliphatic rings. The molecule has 1 N–H and O–H groups in total. The Hall–Kier alpha value is -2.51. The molecule has 1 heterocycles. The first-order valence-electron chi connectivity index (χ1n) is 9.98. The molecular weight excluding hydrogens is 438 g/mol. The number of nitrogens with one attached hydrogen (secondary N) is 1. The molecule has 0 saturated heterocycles. The van der Waals surface area contributed by atoms with Gasteiger partial charge in [-0.3, -0.25) is 4.79 Å². The summed E-state index contributed by atoms with van der Waals surface area (Å²) in [6.07, 6.45) is 1.58. The van der Waals surface area contributed by atoms with E-state index < -0.39 is 26.5 Å². The minimum Gasteiger partial charge on any atom is -0.497 e. The molecule has 164 valence electrons. The molecule has 31 heavy (non-hydrogen) atoms. The normalized spacial score (nSPS) is 18.3. The summed E-state index contributed by atoms with van der Waals surface area (Å²) < 4.78 is 36.0. The third-order valence-electron chi connectivity index (χ3n) is 6.43. The van der Waals surface area contributed by atoms with Crippen molar-refractivity contribution in [1.29, 1.82) is 0 Å². The van der Waals surface area contributed by atoms with Crippen LogP contribution in [0.15, 0.2) is 47.4 Å². The van der Waals surface area contributed by atoms with Crippen molar-refractivity contribution >= 4 is 38.3 Å². The Morgan fingerprint density at radius 3 is 2.68 bits per heavy atom. The second kappa shape index (κ2) is 7.88. The van der Waals surface area contributed by atoms with Gasteiger partial charge in [0.2, 0.25) is 0 Å². The number of esters is 1. The van der Waals surface area contributed by atoms with E-state index in [9.17, 15) is 13.2 Å². The summed E-state index contributed by atoms with van der Waals surface area (Å²) in [6.45, 7) is 1.48. The predicted octanol–water partition coefficient (Wildman–Crippen LogP) is 4.34. The van der Waals surface area contributed by atoms with Crippen LogP contribution in [0.3, 0.4) is 0 Å². The lowest BCUT2D eigenvalue weighted by Crippen LogP contribution is -2.52. The van der Waals surface area contributed by atoms with Gasteiger partial charge in [-0.15, -0.1) is 0 Å². The van der Waals surface area contributed by atoms with E-state index in [1.54, 1.807) is 12.1 Å². The fourth-order valence-electron chi connectivity index (χ4n) is 4.58. The quantitative estimate of drug-likeness (QED) is 0.571. The van der Waals surface area contributed by atoms with Crippen LogP contribution in [0.4, 0.5) is 0 Å². The average molecular weight is 462 g/mol. The van der Waals surface area contributed by atoms with Gasteiger partial charge in [-0.25, -0.2) is 8.42 Å². The summed E-state index contributed by atoms with van der Waals surface area (Å²) in [7, 11) is -1.38. The third-order valence-corrected chi connectivity index (χ3v) is 9.16. The lowest BCUT2D eigenvalue weighted by atomic mass is 9.79. The van der Waals surface area contributed by atoms with Gasteiger partial charge in [0.25, 0.3) is 0 Å². The van der Waals surface area contributed by atoms with Crippen LogP contribution >= 0.6 is 11.6 Å². The zero-order valence-electron chi connectivity index (χ0n) is 17.6. The maximum atomic E-state index is 13.8. The molecule has 8 heteroatoms. The topological polar surface area (TPSA) is 85.5 Å². The molecule has 0 fully saturated rings. The number of hydrogen-bond acceptors (Lipinski definition) is 5. The number of H-pyrrole nitrogens is 1. The number of aryl methyl sites for hydroxylation is 1. The number of hydrogen-bond donors (Lipinski definition) is 1. The van der Waals surface area contributed by atoms with Gasteiger partial charge in [0.05, 0.1) is 19.1 Å². The lowest BCUT2D eigenvalue weighted by Gasteiger charge is -2.36. The van der Waals surface area contributed by atoms with Crippen LogP contribution in [0.2, 0.25) is 5.02 Å². The minimum absolute atomic E-state index is 0.0361. The van der Waals surface area contributed by atoms with Crippen LogP contribution in [-0.4, -0.2) is 38.3 Å². The SMILES string of the molecule is COC(=O)C(C)(C1CCc2c([nH]c3ccc(Cl)cc23)C1)S(=O)(=O)c1cccc(OC)c1. The van der Waals surface area contributed by atoms with Gasteiger partial charge in [0.15, 0.2) is 14.6 Å². The number of halogens is 1. The Bertz CT molecular complexity index is 1270. The number of carbonyl (C=O) groups excluding carboxylic acids is 1. The van der Waals surface area contributed by atoms with Crippen molar-refractivity contribution in [3.8, 4) is 5.75 Å². The summed E-state index contributed by atoms with van der Waals surface area (Å²) in [5.41, 5.74) is 3.01. The van der Waals surface area contributed by atoms with Crippen molar-refractivity contribution in [3.05, 3.63) is 58.7 Å². The van der Waals surface area contributed by atoms with E-state index in [1.807, 2.05) is 18.2 Å². The monoisotopic (exact) mass is 461 g/mol. The predicted molar refractivity (Wildman–Crippen MR) is 119 cm³/mol. The highest BCUT2D eigenvalue weighted by Gasteiger charge is 2.54. The lowest BCUT2D eigenvalue weighted by molar-refractivity contribution is -0.145. The first kappa shape index (κ1) is 21.7. The molecule has 0 radical (unpaired) electrons. The van der Waals surface area contributed by atoms with Gasteiger partial charge in [-0.2, -0.15) is 0 Å². The van der Waals surface area contributed by atoms with Gasteiger partial charge < -0.3 is 14.5 Å². The molecule has 4 rings (SSSR count). The molecule has 2 unspecified atom stereocenters. The summed E-state index contributed by atoms with van der Waals surface area (Å²) in [5, 5.41) is 1.69. The van der Waals surface area contributed by atoms with Crippen molar-refractivity contribution in [3.63, 3.8) is 0 Å². The fraction of sp³-hybridized carbons (Fsp3) is 0.348. The highest BCUT2D eigenvalue weighted by molar-refractivity contribution is 7.93. The Morgan fingerprint density at radius 2 is 1.97 bits per heavy atom. The van der Waals surface area contributed by atoms with E-state index in [4.69, 9.17) is 21.1 Å². The summed E-state index contributed by atoms with van der Waals surface area (Å²) in [5.74, 6) is -0.818. The molecule has 6 nitrogen and oxygen atoms in total. The Kier molecular flexibility index (Phi) is 5.52. The highest BCUT2D eigenvalue weighted by atomic mass is 35.5. The molecule has 0 aliphatic heterocycles. The maximum absolute atomic E-state index is 13.8. The number of aromatic amines is 1. The standard InChI is InChI=1S/C23H24ClNO5S/c1-23(22(26)30-3,31(27,28)17-6-4-5-16(13-17)29-2)14-7-9-18-19-12-15(24)8-10-20(19)25-21(18)11-14/h4-6,8,10,12-14,25H,7,9,11H2,1-3H3. The van der Waals surface area contributed by atoms with Gasteiger partial charge >= 0.3 is 5.97 Å². The van der Waals surface area contributed by atoms with Crippen LogP contribution in [0, 0.1) is 5.92 Å². The summed E-state index contributed by atoms with van der Waals surface area (Å²) in [4.78, 5) is 16.4. The molecule has 0 amide bonds. The molecule has 0 bridgehead atoms. The average Bonchev–Trinajstić information content (AvgIpc) is 3.14. The molecule has 2 aromatic carbocycles. The Balaban J connectivity index is 1.80. The van der Waals surface area contributed by atoms with Crippen LogP contribution in [-0.2, 0) is 32.2 Å². The first-order valence-corrected chi connectivity index (χ1v) is 11.8. The second-order valence-corrected chi connectivity index (χ2v) is 10.8. The largest absolute Gasteiger partial charge is 0.497 e. The van der Waals surface area contributed by atoms with Crippen molar-refractivity contribution < 1.29 is 22.7 Å².